The summed E-state index contributed by atoms with van der Waals surface area (Å²) < 4.78 is 0. The first-order valence-electron chi connectivity index (χ1n) is 7.34. The van der Waals surface area contributed by atoms with Crippen molar-refractivity contribution < 1.29 is 14.4 Å². The van der Waals surface area contributed by atoms with Crippen LogP contribution >= 0.6 is 0 Å². The summed E-state index contributed by atoms with van der Waals surface area (Å²) in [6.45, 7) is 1.06. The van der Waals surface area contributed by atoms with Gasteiger partial charge in [0, 0.05) is 6.54 Å². The van der Waals surface area contributed by atoms with E-state index in [-0.39, 0.29) is 24.5 Å². The number of carbonyl (C=O) groups excluding carboxylic acids is 3. The maximum absolute atomic E-state index is 11.7. The lowest BCUT2D eigenvalue weighted by atomic mass is 10.2. The number of amides is 2. The number of hydrogen-bond acceptors (Lipinski definition) is 5. The van der Waals surface area contributed by atoms with Crippen molar-refractivity contribution in [1.82, 2.24) is 16.0 Å². The topological polar surface area (TPSA) is 152 Å². The van der Waals surface area contributed by atoms with E-state index in [9.17, 15) is 14.4 Å². The molecule has 1 aliphatic rings. The monoisotopic (exact) mass is 312 g/mol. The fourth-order valence-corrected chi connectivity index (χ4v) is 2.15. The van der Waals surface area contributed by atoms with E-state index in [0.29, 0.717) is 25.7 Å². The molecule has 0 aliphatic carbocycles. The number of guanidine groups is 1. The summed E-state index contributed by atoms with van der Waals surface area (Å²) in [7, 11) is 0. The number of carbonyl (C=O) groups is 3. The summed E-state index contributed by atoms with van der Waals surface area (Å²) in [6.07, 6.45) is 3.39. The lowest BCUT2D eigenvalue weighted by molar-refractivity contribution is -0.128. The quantitative estimate of drug-likeness (QED) is 0.138. The molecule has 124 valence electrons. The SMILES string of the molecule is NC(N)=NCCC[C@@H](C=O)NC(=O)CNC(=O)[C@@H]1CCCN1. The molecule has 1 aliphatic heterocycles. The summed E-state index contributed by atoms with van der Waals surface area (Å²) in [5.74, 6) is -0.594. The first kappa shape index (κ1) is 17.9. The Balaban J connectivity index is 2.21. The smallest absolute Gasteiger partial charge is 0.239 e. The molecule has 0 aromatic heterocycles. The minimum Gasteiger partial charge on any atom is -0.370 e. The second-order valence-electron chi connectivity index (χ2n) is 5.13. The molecule has 1 fully saturated rings. The lowest BCUT2D eigenvalue weighted by Gasteiger charge is -2.14. The molecule has 0 radical (unpaired) electrons. The van der Waals surface area contributed by atoms with Crippen molar-refractivity contribution >= 4 is 24.1 Å². The van der Waals surface area contributed by atoms with Gasteiger partial charge in [0.1, 0.15) is 6.29 Å². The van der Waals surface area contributed by atoms with Crippen LogP contribution in [0.15, 0.2) is 4.99 Å². The van der Waals surface area contributed by atoms with E-state index >= 15 is 0 Å². The Labute approximate surface area is 129 Å². The Bertz CT molecular complexity index is 416. The van der Waals surface area contributed by atoms with Crippen LogP contribution in [-0.2, 0) is 14.4 Å². The van der Waals surface area contributed by atoms with Gasteiger partial charge in [-0.3, -0.25) is 14.6 Å². The standard InChI is InChI=1S/C13H24N6O3/c14-13(15)17-6-1-3-9(8-20)19-11(21)7-18-12(22)10-4-2-5-16-10/h8-10,16H,1-7H2,(H,18,22)(H,19,21)(H4,14,15,17)/t9-,10-/m0/s1. The second-order valence-corrected chi connectivity index (χ2v) is 5.13. The lowest BCUT2D eigenvalue weighted by Crippen LogP contribution is -2.47. The van der Waals surface area contributed by atoms with Gasteiger partial charge in [0.25, 0.3) is 0 Å². The van der Waals surface area contributed by atoms with Gasteiger partial charge in [-0.05, 0) is 32.2 Å². The number of hydrogen-bond donors (Lipinski definition) is 5. The third-order valence-electron chi connectivity index (χ3n) is 3.28. The second kappa shape index (κ2) is 9.72. The van der Waals surface area contributed by atoms with E-state index in [1.165, 1.54) is 0 Å². The van der Waals surface area contributed by atoms with E-state index in [2.05, 4.69) is 20.9 Å². The summed E-state index contributed by atoms with van der Waals surface area (Å²) in [4.78, 5) is 38.1. The van der Waals surface area contributed by atoms with Gasteiger partial charge in [-0.15, -0.1) is 0 Å². The van der Waals surface area contributed by atoms with Crippen molar-refractivity contribution in [2.75, 3.05) is 19.6 Å². The Kier molecular flexibility index (Phi) is 7.90. The third kappa shape index (κ3) is 7.02. The van der Waals surface area contributed by atoms with Crippen LogP contribution in [0.4, 0.5) is 0 Å². The number of nitrogens with two attached hydrogens (primary N) is 2. The van der Waals surface area contributed by atoms with E-state index in [1.54, 1.807) is 0 Å². The Hall–Kier alpha value is -2.16. The van der Waals surface area contributed by atoms with Crippen molar-refractivity contribution in [1.29, 1.82) is 0 Å². The number of nitrogens with zero attached hydrogens (tertiary/aromatic N) is 1. The normalized spacial score (nSPS) is 18.3. The number of aliphatic imine (C=N–C) groups is 1. The molecule has 22 heavy (non-hydrogen) atoms. The highest BCUT2D eigenvalue weighted by atomic mass is 16.2. The van der Waals surface area contributed by atoms with E-state index < -0.39 is 11.9 Å². The highest BCUT2D eigenvalue weighted by molar-refractivity contribution is 5.88. The molecule has 0 aromatic rings. The predicted molar refractivity (Wildman–Crippen MR) is 81.9 cm³/mol. The van der Waals surface area contributed by atoms with Gasteiger partial charge in [0.05, 0.1) is 18.6 Å². The van der Waals surface area contributed by atoms with E-state index in [0.717, 1.165) is 19.4 Å². The molecule has 7 N–H and O–H groups in total. The zero-order chi connectivity index (χ0) is 16.4. The summed E-state index contributed by atoms with van der Waals surface area (Å²) in [5.41, 5.74) is 10.4. The highest BCUT2D eigenvalue weighted by Gasteiger charge is 2.22. The van der Waals surface area contributed by atoms with E-state index in [4.69, 9.17) is 11.5 Å². The third-order valence-corrected chi connectivity index (χ3v) is 3.28. The molecule has 0 unspecified atom stereocenters. The summed E-state index contributed by atoms with van der Waals surface area (Å²) >= 11 is 0. The van der Waals surface area contributed by atoms with Crippen molar-refractivity contribution in [3.05, 3.63) is 0 Å². The summed E-state index contributed by atoms with van der Waals surface area (Å²) in [6, 6.07) is -0.836. The van der Waals surface area contributed by atoms with Crippen LogP contribution in [0.2, 0.25) is 0 Å². The van der Waals surface area contributed by atoms with Crippen molar-refractivity contribution in [3.8, 4) is 0 Å². The average Bonchev–Trinajstić information content (AvgIpc) is 3.02. The van der Waals surface area contributed by atoms with Crippen molar-refractivity contribution in [3.63, 3.8) is 0 Å². The molecule has 0 spiro atoms. The molecule has 0 saturated carbocycles. The molecule has 1 saturated heterocycles. The van der Waals surface area contributed by atoms with Gasteiger partial charge < -0.3 is 32.2 Å². The van der Waals surface area contributed by atoms with Crippen molar-refractivity contribution in [2.45, 2.75) is 37.8 Å². The molecular formula is C13H24N6O3. The van der Waals surface area contributed by atoms with Crippen LogP contribution in [-0.4, -0.2) is 55.8 Å². The zero-order valence-corrected chi connectivity index (χ0v) is 12.5. The zero-order valence-electron chi connectivity index (χ0n) is 12.5. The van der Waals surface area contributed by atoms with Crippen LogP contribution in [0.3, 0.4) is 0 Å². The minimum absolute atomic E-state index is 0.00470. The highest BCUT2D eigenvalue weighted by Crippen LogP contribution is 2.04. The van der Waals surface area contributed by atoms with Gasteiger partial charge in [-0.2, -0.15) is 0 Å². The number of nitrogens with one attached hydrogen (secondary N) is 3. The van der Waals surface area contributed by atoms with Gasteiger partial charge in [0.15, 0.2) is 5.96 Å². The fraction of sp³-hybridized carbons (Fsp3) is 0.692. The Morgan fingerprint density at radius 1 is 1.41 bits per heavy atom. The Morgan fingerprint density at radius 2 is 2.18 bits per heavy atom. The van der Waals surface area contributed by atoms with Gasteiger partial charge >= 0.3 is 0 Å². The van der Waals surface area contributed by atoms with Gasteiger partial charge in [-0.1, -0.05) is 0 Å². The number of rotatable bonds is 9. The average molecular weight is 312 g/mol. The first-order chi connectivity index (χ1) is 10.5. The van der Waals surface area contributed by atoms with Gasteiger partial charge in [0.2, 0.25) is 11.8 Å². The molecule has 1 rings (SSSR count). The van der Waals surface area contributed by atoms with Crippen molar-refractivity contribution in [2.24, 2.45) is 16.5 Å². The number of aldehydes is 1. The maximum Gasteiger partial charge on any atom is 0.239 e. The molecule has 9 nitrogen and oxygen atoms in total. The van der Waals surface area contributed by atoms with E-state index in [1.807, 2.05) is 0 Å². The minimum atomic E-state index is -0.608. The predicted octanol–water partition coefficient (Wildman–Crippen LogP) is -2.41. The molecular weight excluding hydrogens is 288 g/mol. The van der Waals surface area contributed by atoms with Gasteiger partial charge in [-0.25, -0.2) is 0 Å². The van der Waals surface area contributed by atoms with Crippen LogP contribution < -0.4 is 27.4 Å². The molecule has 1 heterocycles. The van der Waals surface area contributed by atoms with Crippen LogP contribution in [0.1, 0.15) is 25.7 Å². The first-order valence-corrected chi connectivity index (χ1v) is 7.34. The molecule has 9 heteroatoms. The molecule has 0 bridgehead atoms. The van der Waals surface area contributed by atoms with Crippen LogP contribution in [0.25, 0.3) is 0 Å². The largest absolute Gasteiger partial charge is 0.370 e. The van der Waals surface area contributed by atoms with Crippen LogP contribution in [0.5, 0.6) is 0 Å². The molecule has 2 atom stereocenters. The Morgan fingerprint density at radius 3 is 2.77 bits per heavy atom. The van der Waals surface area contributed by atoms with Crippen LogP contribution in [0, 0.1) is 0 Å². The summed E-state index contributed by atoms with van der Waals surface area (Å²) in [5, 5.41) is 8.14. The fourth-order valence-electron chi connectivity index (χ4n) is 2.15. The molecule has 0 aromatic carbocycles. The molecule has 2 amide bonds. The maximum atomic E-state index is 11.7.